The highest BCUT2D eigenvalue weighted by molar-refractivity contribution is 7.89. The maximum Gasteiger partial charge on any atom is 0.340 e. The van der Waals surface area contributed by atoms with Gasteiger partial charge in [-0.2, -0.15) is 9.40 Å². The summed E-state index contributed by atoms with van der Waals surface area (Å²) in [5, 5.41) is 14.3. The van der Waals surface area contributed by atoms with E-state index in [4.69, 9.17) is 9.84 Å². The summed E-state index contributed by atoms with van der Waals surface area (Å²) in [4.78, 5) is 11.0. The number of aromatic carboxylic acids is 1. The van der Waals surface area contributed by atoms with Crippen molar-refractivity contribution in [3.63, 3.8) is 0 Å². The largest absolute Gasteiger partial charge is 0.478 e. The molecule has 0 spiro atoms. The van der Waals surface area contributed by atoms with Crippen molar-refractivity contribution in [1.82, 2.24) is 14.5 Å². The number of nitrogens with zero attached hydrogens (tertiary/aromatic N) is 2. The third-order valence-electron chi connectivity index (χ3n) is 2.82. The number of morpholine rings is 1. The fraction of sp³-hybridized carbons (Fsp3) is 0.600. The first-order chi connectivity index (χ1) is 8.82. The number of carboxylic acid groups (broad SMARTS) is 1. The van der Waals surface area contributed by atoms with Crippen LogP contribution in [-0.4, -0.2) is 59.3 Å². The van der Waals surface area contributed by atoms with E-state index < -0.39 is 16.0 Å². The number of H-pyrrole nitrogens is 1. The van der Waals surface area contributed by atoms with E-state index in [0.29, 0.717) is 0 Å². The molecule has 1 aromatic heterocycles. The summed E-state index contributed by atoms with van der Waals surface area (Å²) in [7, 11) is -3.91. The van der Waals surface area contributed by atoms with E-state index in [9.17, 15) is 13.2 Å². The molecule has 1 fully saturated rings. The Labute approximate surface area is 110 Å². The summed E-state index contributed by atoms with van der Waals surface area (Å²) in [6.45, 7) is 3.90. The Kier molecular flexibility index (Phi) is 3.61. The molecule has 9 heteroatoms. The summed E-state index contributed by atoms with van der Waals surface area (Å²) in [6.07, 6.45) is 0.507. The van der Waals surface area contributed by atoms with Crippen LogP contribution in [0.25, 0.3) is 0 Å². The molecule has 0 saturated carbocycles. The van der Waals surface area contributed by atoms with Crippen molar-refractivity contribution in [2.75, 3.05) is 13.1 Å². The smallest absolute Gasteiger partial charge is 0.340 e. The first kappa shape index (κ1) is 14.0. The summed E-state index contributed by atoms with van der Waals surface area (Å²) in [5.74, 6) is -1.33. The second-order valence-electron chi connectivity index (χ2n) is 4.50. The third-order valence-corrected chi connectivity index (χ3v) is 4.62. The van der Waals surface area contributed by atoms with Gasteiger partial charge in [0.05, 0.1) is 18.4 Å². The highest BCUT2D eigenvalue weighted by Crippen LogP contribution is 2.22. The van der Waals surface area contributed by atoms with E-state index >= 15 is 0 Å². The van der Waals surface area contributed by atoms with E-state index in [0.717, 1.165) is 6.20 Å². The molecule has 1 aliphatic heterocycles. The van der Waals surface area contributed by atoms with Crippen LogP contribution in [0.4, 0.5) is 0 Å². The lowest BCUT2D eigenvalue weighted by atomic mass is 10.3. The normalized spacial score (nSPS) is 25.4. The number of sulfonamides is 1. The van der Waals surface area contributed by atoms with Crippen LogP contribution < -0.4 is 0 Å². The van der Waals surface area contributed by atoms with Gasteiger partial charge in [0.15, 0.2) is 5.03 Å². The Morgan fingerprint density at radius 2 is 2.05 bits per heavy atom. The van der Waals surface area contributed by atoms with Gasteiger partial charge < -0.3 is 9.84 Å². The third kappa shape index (κ3) is 2.62. The van der Waals surface area contributed by atoms with Gasteiger partial charge in [-0.15, -0.1) is 0 Å². The Hall–Kier alpha value is -1.45. The number of aromatic nitrogens is 2. The van der Waals surface area contributed by atoms with Crippen molar-refractivity contribution < 1.29 is 23.1 Å². The highest BCUT2D eigenvalue weighted by atomic mass is 32.2. The summed E-state index contributed by atoms with van der Waals surface area (Å²) < 4.78 is 31.5. The Bertz CT molecular complexity index is 572. The van der Waals surface area contributed by atoms with Gasteiger partial charge in [0.25, 0.3) is 10.0 Å². The summed E-state index contributed by atoms with van der Waals surface area (Å²) in [5.41, 5.74) is -0.355. The molecule has 0 aromatic carbocycles. The molecule has 0 amide bonds. The molecule has 2 N–H and O–H groups in total. The van der Waals surface area contributed by atoms with Gasteiger partial charge in [-0.05, 0) is 13.8 Å². The molecule has 2 atom stereocenters. The monoisotopic (exact) mass is 289 g/mol. The van der Waals surface area contributed by atoms with E-state index in [1.807, 2.05) is 0 Å². The standard InChI is InChI=1S/C10H15N3O5S/c1-6-4-13(5-7(2)18-6)19(16,17)9-8(10(14)15)3-11-12-9/h3,6-7H,4-5H2,1-2H3,(H,11,12)(H,14,15)/t6-,7+. The topological polar surface area (TPSA) is 113 Å². The average Bonchev–Trinajstić information content (AvgIpc) is 2.76. The molecule has 1 saturated heterocycles. The SMILES string of the molecule is C[C@@H]1CN(S(=O)(=O)c2[nH]ncc2C(=O)O)C[C@H](C)O1. The molecule has 0 radical (unpaired) electrons. The average molecular weight is 289 g/mol. The van der Waals surface area contributed by atoms with Gasteiger partial charge in [0.2, 0.25) is 0 Å². The maximum atomic E-state index is 12.4. The molecular formula is C10H15N3O5S. The van der Waals surface area contributed by atoms with E-state index in [-0.39, 0.29) is 35.9 Å². The molecule has 2 heterocycles. The number of carbonyl (C=O) groups is 1. The van der Waals surface area contributed by atoms with Crippen LogP contribution in [0.2, 0.25) is 0 Å². The number of hydrogen-bond donors (Lipinski definition) is 2. The maximum absolute atomic E-state index is 12.4. The summed E-state index contributed by atoms with van der Waals surface area (Å²) >= 11 is 0. The van der Waals surface area contributed by atoms with Crippen molar-refractivity contribution in [2.45, 2.75) is 31.1 Å². The molecule has 8 nitrogen and oxygen atoms in total. The zero-order valence-electron chi connectivity index (χ0n) is 10.5. The lowest BCUT2D eigenvalue weighted by molar-refractivity contribution is -0.0441. The predicted molar refractivity (Wildman–Crippen MR) is 64.3 cm³/mol. The minimum absolute atomic E-state index is 0.185. The van der Waals surface area contributed by atoms with Crippen LogP contribution in [0.1, 0.15) is 24.2 Å². The molecule has 1 aromatic rings. The lowest BCUT2D eigenvalue weighted by Gasteiger charge is -2.34. The number of aromatic amines is 1. The first-order valence-corrected chi connectivity index (χ1v) is 7.18. The molecule has 106 valence electrons. The van der Waals surface area contributed by atoms with Crippen LogP contribution in [0.5, 0.6) is 0 Å². The number of carboxylic acids is 1. The van der Waals surface area contributed by atoms with Crippen molar-refractivity contribution in [2.24, 2.45) is 0 Å². The predicted octanol–water partition coefficient (Wildman–Crippen LogP) is -0.0942. The van der Waals surface area contributed by atoms with Crippen LogP contribution in [0.3, 0.4) is 0 Å². The van der Waals surface area contributed by atoms with Crippen molar-refractivity contribution in [3.8, 4) is 0 Å². The van der Waals surface area contributed by atoms with Gasteiger partial charge in [-0.25, -0.2) is 13.2 Å². The van der Waals surface area contributed by atoms with E-state index in [1.54, 1.807) is 13.8 Å². The number of rotatable bonds is 3. The van der Waals surface area contributed by atoms with E-state index in [2.05, 4.69) is 10.2 Å². The summed E-state index contributed by atoms with van der Waals surface area (Å²) in [6, 6.07) is 0. The van der Waals surface area contributed by atoms with E-state index in [1.165, 1.54) is 4.31 Å². The quantitative estimate of drug-likeness (QED) is 0.804. The molecule has 0 aliphatic carbocycles. The fourth-order valence-electron chi connectivity index (χ4n) is 2.08. The second-order valence-corrected chi connectivity index (χ2v) is 6.37. The molecule has 19 heavy (non-hydrogen) atoms. The van der Waals surface area contributed by atoms with Gasteiger partial charge in [-0.3, -0.25) is 5.10 Å². The Morgan fingerprint density at radius 3 is 2.58 bits per heavy atom. The Balaban J connectivity index is 2.37. The highest BCUT2D eigenvalue weighted by Gasteiger charge is 2.35. The number of nitrogens with one attached hydrogen (secondary N) is 1. The molecule has 0 bridgehead atoms. The zero-order chi connectivity index (χ0) is 14.2. The minimum Gasteiger partial charge on any atom is -0.478 e. The van der Waals surface area contributed by atoms with Gasteiger partial charge >= 0.3 is 5.97 Å². The van der Waals surface area contributed by atoms with Crippen LogP contribution in [0, 0.1) is 0 Å². The minimum atomic E-state index is -3.91. The van der Waals surface area contributed by atoms with Crippen LogP contribution in [0.15, 0.2) is 11.2 Å². The fourth-order valence-corrected chi connectivity index (χ4v) is 3.74. The van der Waals surface area contributed by atoms with Crippen molar-refractivity contribution in [3.05, 3.63) is 11.8 Å². The number of ether oxygens (including phenoxy) is 1. The lowest BCUT2D eigenvalue weighted by Crippen LogP contribution is -2.48. The zero-order valence-corrected chi connectivity index (χ0v) is 11.3. The molecule has 1 aliphatic rings. The molecule has 2 rings (SSSR count). The number of hydrogen-bond acceptors (Lipinski definition) is 5. The Morgan fingerprint density at radius 1 is 1.47 bits per heavy atom. The van der Waals surface area contributed by atoms with Gasteiger partial charge in [0, 0.05) is 13.1 Å². The van der Waals surface area contributed by atoms with Crippen LogP contribution >= 0.6 is 0 Å². The first-order valence-electron chi connectivity index (χ1n) is 5.74. The molecule has 0 unspecified atom stereocenters. The second kappa shape index (κ2) is 4.91. The van der Waals surface area contributed by atoms with Crippen molar-refractivity contribution >= 4 is 16.0 Å². The van der Waals surface area contributed by atoms with Gasteiger partial charge in [0.1, 0.15) is 5.56 Å². The van der Waals surface area contributed by atoms with Crippen molar-refractivity contribution in [1.29, 1.82) is 0 Å². The van der Waals surface area contributed by atoms with Crippen LogP contribution in [-0.2, 0) is 14.8 Å². The molecular weight excluding hydrogens is 274 g/mol. The van der Waals surface area contributed by atoms with Gasteiger partial charge in [-0.1, -0.05) is 0 Å².